The van der Waals surface area contributed by atoms with E-state index in [0.717, 1.165) is 17.9 Å². The molecule has 1 aromatic heterocycles. The van der Waals surface area contributed by atoms with Gasteiger partial charge in [0.15, 0.2) is 0 Å². The number of nitrogens with zero attached hydrogens (tertiary/aromatic N) is 2. The van der Waals surface area contributed by atoms with Gasteiger partial charge in [0, 0.05) is 6.54 Å². The number of hydrogen-bond donors (Lipinski definition) is 1. The van der Waals surface area contributed by atoms with Gasteiger partial charge in [-0.1, -0.05) is 25.2 Å². The molecule has 1 rings (SSSR count). The van der Waals surface area contributed by atoms with Gasteiger partial charge in [0.1, 0.15) is 10.0 Å². The van der Waals surface area contributed by atoms with Crippen LogP contribution >= 0.6 is 11.3 Å². The van der Waals surface area contributed by atoms with Crippen LogP contribution in [0.4, 0.5) is 13.2 Å². The number of nitrogens with one attached hydrogen (secondary N) is 1. The lowest BCUT2D eigenvalue weighted by atomic mass is 10.2. The molecule has 0 fully saturated rings. The average Bonchev–Trinajstić information content (AvgIpc) is 2.48. The summed E-state index contributed by atoms with van der Waals surface area (Å²) in [5.74, 6) is 0.502. The SMILES string of the molecule is CC(C)CNCc1nnc(CC(F)(F)F)s1. The summed E-state index contributed by atoms with van der Waals surface area (Å²) >= 11 is 1.01. The van der Waals surface area contributed by atoms with Gasteiger partial charge in [-0.2, -0.15) is 13.2 Å². The van der Waals surface area contributed by atoms with Crippen molar-refractivity contribution in [2.75, 3.05) is 6.54 Å². The Bertz CT molecular complexity index is 322. The van der Waals surface area contributed by atoms with Gasteiger partial charge < -0.3 is 5.32 Å². The molecule has 0 radical (unpaired) electrons. The summed E-state index contributed by atoms with van der Waals surface area (Å²) in [6.07, 6.45) is -5.20. The van der Waals surface area contributed by atoms with Crippen LogP contribution in [0.15, 0.2) is 0 Å². The fourth-order valence-electron chi connectivity index (χ4n) is 1.07. The minimum Gasteiger partial charge on any atom is -0.310 e. The molecule has 0 saturated heterocycles. The average molecular weight is 253 g/mol. The van der Waals surface area contributed by atoms with E-state index in [9.17, 15) is 13.2 Å². The third-order valence-corrected chi connectivity index (χ3v) is 2.61. The third-order valence-electron chi connectivity index (χ3n) is 1.69. The zero-order valence-corrected chi connectivity index (χ0v) is 9.95. The fourth-order valence-corrected chi connectivity index (χ4v) is 1.92. The Balaban J connectivity index is 2.40. The predicted octanol–water partition coefficient (Wildman–Crippen LogP) is 2.39. The maximum absolute atomic E-state index is 12.0. The highest BCUT2D eigenvalue weighted by atomic mass is 32.1. The van der Waals surface area contributed by atoms with E-state index >= 15 is 0 Å². The molecule has 0 aromatic carbocycles. The molecule has 0 aliphatic rings. The Morgan fingerprint density at radius 3 is 2.44 bits per heavy atom. The molecule has 0 unspecified atom stereocenters. The molecular weight excluding hydrogens is 239 g/mol. The third kappa shape index (κ3) is 5.41. The maximum atomic E-state index is 12.0. The van der Waals surface area contributed by atoms with Crippen LogP contribution in [0.3, 0.4) is 0 Å². The molecule has 7 heteroatoms. The van der Waals surface area contributed by atoms with Crippen molar-refractivity contribution >= 4 is 11.3 Å². The maximum Gasteiger partial charge on any atom is 0.395 e. The van der Waals surface area contributed by atoms with Crippen molar-refractivity contribution in [1.29, 1.82) is 0 Å². The smallest absolute Gasteiger partial charge is 0.310 e. The van der Waals surface area contributed by atoms with Crippen molar-refractivity contribution < 1.29 is 13.2 Å². The normalized spacial score (nSPS) is 12.4. The van der Waals surface area contributed by atoms with E-state index in [1.807, 2.05) is 0 Å². The van der Waals surface area contributed by atoms with Crippen LogP contribution in [0.1, 0.15) is 23.9 Å². The molecule has 0 aliphatic heterocycles. The molecule has 0 bridgehead atoms. The van der Waals surface area contributed by atoms with E-state index in [4.69, 9.17) is 0 Å². The molecule has 0 amide bonds. The number of alkyl halides is 3. The van der Waals surface area contributed by atoms with Crippen LogP contribution in [-0.2, 0) is 13.0 Å². The second-order valence-corrected chi connectivity index (χ2v) is 5.05. The highest BCUT2D eigenvalue weighted by molar-refractivity contribution is 7.11. The first kappa shape index (κ1) is 13.4. The number of aromatic nitrogens is 2. The summed E-state index contributed by atoms with van der Waals surface area (Å²) in [6.45, 7) is 5.41. The van der Waals surface area contributed by atoms with E-state index in [0.29, 0.717) is 17.5 Å². The lowest BCUT2D eigenvalue weighted by Crippen LogP contribution is -2.18. The van der Waals surface area contributed by atoms with Gasteiger partial charge in [-0.25, -0.2) is 0 Å². The standard InChI is InChI=1S/C9H14F3N3S/c1-6(2)4-13-5-8-15-14-7(16-8)3-9(10,11)12/h6,13H,3-5H2,1-2H3. The zero-order chi connectivity index (χ0) is 12.2. The van der Waals surface area contributed by atoms with Crippen molar-refractivity contribution in [3.05, 3.63) is 10.0 Å². The lowest BCUT2D eigenvalue weighted by molar-refractivity contribution is -0.127. The van der Waals surface area contributed by atoms with Crippen molar-refractivity contribution in [2.24, 2.45) is 5.92 Å². The van der Waals surface area contributed by atoms with E-state index < -0.39 is 12.6 Å². The molecule has 1 aromatic rings. The predicted molar refractivity (Wildman–Crippen MR) is 56.2 cm³/mol. The second-order valence-electron chi connectivity index (χ2n) is 3.91. The molecule has 0 saturated carbocycles. The summed E-state index contributed by atoms with van der Waals surface area (Å²) in [5, 5.41) is 10.9. The number of halogens is 3. The summed E-state index contributed by atoms with van der Waals surface area (Å²) in [6, 6.07) is 0. The molecular formula is C9H14F3N3S. The van der Waals surface area contributed by atoms with Crippen LogP contribution in [0.5, 0.6) is 0 Å². The molecule has 1 N–H and O–H groups in total. The summed E-state index contributed by atoms with van der Waals surface area (Å²) in [5.41, 5.74) is 0. The zero-order valence-electron chi connectivity index (χ0n) is 9.14. The first-order chi connectivity index (χ1) is 7.37. The summed E-state index contributed by atoms with van der Waals surface area (Å²) in [7, 11) is 0. The van der Waals surface area contributed by atoms with E-state index in [2.05, 4.69) is 29.4 Å². The molecule has 0 aliphatic carbocycles. The Morgan fingerprint density at radius 1 is 1.25 bits per heavy atom. The summed E-state index contributed by atoms with van der Waals surface area (Å²) in [4.78, 5) is 0. The Labute approximate surface area is 96.1 Å². The van der Waals surface area contributed by atoms with Crippen molar-refractivity contribution in [1.82, 2.24) is 15.5 Å². The molecule has 16 heavy (non-hydrogen) atoms. The summed E-state index contributed by atoms with van der Waals surface area (Å²) < 4.78 is 36.1. The minimum absolute atomic E-state index is 0.0221. The van der Waals surface area contributed by atoms with Gasteiger partial charge in [-0.05, 0) is 12.5 Å². The monoisotopic (exact) mass is 253 g/mol. The Hall–Kier alpha value is -0.690. The topological polar surface area (TPSA) is 37.8 Å². The van der Waals surface area contributed by atoms with Gasteiger partial charge in [0.2, 0.25) is 0 Å². The fraction of sp³-hybridized carbons (Fsp3) is 0.778. The van der Waals surface area contributed by atoms with Gasteiger partial charge in [0.25, 0.3) is 0 Å². The molecule has 1 heterocycles. The molecule has 0 atom stereocenters. The second kappa shape index (κ2) is 5.58. The van der Waals surface area contributed by atoms with Gasteiger partial charge in [0.05, 0.1) is 6.42 Å². The van der Waals surface area contributed by atoms with Gasteiger partial charge in [-0.3, -0.25) is 0 Å². The first-order valence-electron chi connectivity index (χ1n) is 4.95. The van der Waals surface area contributed by atoms with E-state index in [1.165, 1.54) is 0 Å². The first-order valence-corrected chi connectivity index (χ1v) is 5.77. The quantitative estimate of drug-likeness (QED) is 0.875. The highest BCUT2D eigenvalue weighted by Crippen LogP contribution is 2.23. The largest absolute Gasteiger partial charge is 0.395 e. The van der Waals surface area contributed by atoms with E-state index in [1.54, 1.807) is 0 Å². The van der Waals surface area contributed by atoms with Crippen LogP contribution in [0.2, 0.25) is 0 Å². The highest BCUT2D eigenvalue weighted by Gasteiger charge is 2.29. The van der Waals surface area contributed by atoms with Gasteiger partial charge >= 0.3 is 6.18 Å². The lowest BCUT2D eigenvalue weighted by Gasteiger charge is -2.04. The van der Waals surface area contributed by atoms with Crippen LogP contribution in [0.25, 0.3) is 0 Å². The van der Waals surface area contributed by atoms with E-state index in [-0.39, 0.29) is 5.01 Å². The minimum atomic E-state index is -4.21. The van der Waals surface area contributed by atoms with Crippen LogP contribution in [-0.4, -0.2) is 22.9 Å². The molecule has 3 nitrogen and oxygen atoms in total. The Kier molecular flexibility index (Phi) is 4.67. The van der Waals surface area contributed by atoms with Crippen molar-refractivity contribution in [3.8, 4) is 0 Å². The van der Waals surface area contributed by atoms with Crippen LogP contribution in [0, 0.1) is 5.92 Å². The Morgan fingerprint density at radius 2 is 1.88 bits per heavy atom. The number of hydrogen-bond acceptors (Lipinski definition) is 4. The van der Waals surface area contributed by atoms with Crippen molar-refractivity contribution in [3.63, 3.8) is 0 Å². The molecule has 0 spiro atoms. The van der Waals surface area contributed by atoms with Gasteiger partial charge in [-0.15, -0.1) is 10.2 Å². The number of rotatable bonds is 5. The molecule has 92 valence electrons. The van der Waals surface area contributed by atoms with Crippen molar-refractivity contribution in [2.45, 2.75) is 33.0 Å². The van der Waals surface area contributed by atoms with Crippen LogP contribution < -0.4 is 5.32 Å².